The molecule has 0 heterocycles. The molecule has 2 atom stereocenters. The normalized spacial score (nSPS) is 14.9. The van der Waals surface area contributed by atoms with Gasteiger partial charge in [0.25, 0.3) is 0 Å². The average molecular weight is 257 g/mol. The Balaban J connectivity index is 4.48. The Morgan fingerprint density at radius 2 is 1.83 bits per heavy atom. The Hall–Kier alpha value is -1.06. The van der Waals surface area contributed by atoms with Crippen LogP contribution in [0.4, 0.5) is 0 Å². The van der Waals surface area contributed by atoms with E-state index in [1.165, 1.54) is 0 Å². The maximum absolute atomic E-state index is 11.9. The highest BCUT2D eigenvalue weighted by molar-refractivity contribution is 5.79. The number of carboxylic acid groups (broad SMARTS) is 1. The van der Waals surface area contributed by atoms with Gasteiger partial charge in [-0.15, -0.1) is 0 Å². The number of carboxylic acids is 1. The molecule has 0 aliphatic heterocycles. The average Bonchev–Trinajstić information content (AvgIpc) is 2.13. The molecule has 0 spiro atoms. The molecule has 2 unspecified atom stereocenters. The van der Waals surface area contributed by atoms with Crippen LogP contribution < -0.4 is 5.32 Å². The largest absolute Gasteiger partial charge is 0.481 e. The molecular formula is C14H27NO3. The Morgan fingerprint density at radius 3 is 2.22 bits per heavy atom. The van der Waals surface area contributed by atoms with Gasteiger partial charge in [0.1, 0.15) is 0 Å². The Bertz CT molecular complexity index is 281. The van der Waals surface area contributed by atoms with E-state index in [2.05, 4.69) is 5.32 Å². The van der Waals surface area contributed by atoms with Crippen molar-refractivity contribution in [1.82, 2.24) is 5.32 Å². The number of hydrogen-bond donors (Lipinski definition) is 2. The predicted octanol–water partition coefficient (Wildman–Crippen LogP) is 2.82. The van der Waals surface area contributed by atoms with Crippen molar-refractivity contribution in [3.8, 4) is 0 Å². The smallest absolute Gasteiger partial charge is 0.305 e. The van der Waals surface area contributed by atoms with Crippen molar-refractivity contribution in [1.29, 1.82) is 0 Å². The topological polar surface area (TPSA) is 66.4 Å². The highest BCUT2D eigenvalue weighted by Crippen LogP contribution is 2.22. The summed E-state index contributed by atoms with van der Waals surface area (Å²) in [7, 11) is 0. The molecule has 0 saturated heterocycles. The van der Waals surface area contributed by atoms with E-state index in [9.17, 15) is 9.59 Å². The van der Waals surface area contributed by atoms with E-state index in [1.807, 2.05) is 34.6 Å². The monoisotopic (exact) mass is 257 g/mol. The molecule has 0 aromatic carbocycles. The SMILES string of the molecule is CCCC(C)C(=O)NC(CC(=O)O)CC(C)(C)C. The van der Waals surface area contributed by atoms with Gasteiger partial charge in [-0.05, 0) is 18.3 Å². The fourth-order valence-electron chi connectivity index (χ4n) is 2.03. The maximum atomic E-state index is 11.9. The highest BCUT2D eigenvalue weighted by atomic mass is 16.4. The molecule has 0 aromatic heterocycles. The van der Waals surface area contributed by atoms with Crippen molar-refractivity contribution in [2.24, 2.45) is 11.3 Å². The van der Waals surface area contributed by atoms with Gasteiger partial charge in [-0.1, -0.05) is 41.0 Å². The van der Waals surface area contributed by atoms with Crippen molar-refractivity contribution >= 4 is 11.9 Å². The van der Waals surface area contributed by atoms with Gasteiger partial charge in [0.2, 0.25) is 5.91 Å². The van der Waals surface area contributed by atoms with Crippen LogP contribution in [0.25, 0.3) is 0 Å². The van der Waals surface area contributed by atoms with Crippen LogP contribution in [0.2, 0.25) is 0 Å². The minimum Gasteiger partial charge on any atom is -0.481 e. The van der Waals surface area contributed by atoms with Gasteiger partial charge in [-0.2, -0.15) is 0 Å². The summed E-state index contributed by atoms with van der Waals surface area (Å²) in [6, 6.07) is -0.283. The Labute approximate surface area is 110 Å². The molecule has 0 saturated carbocycles. The zero-order valence-electron chi connectivity index (χ0n) is 12.2. The Kier molecular flexibility index (Phi) is 6.96. The number of amides is 1. The van der Waals surface area contributed by atoms with Crippen LogP contribution in [-0.2, 0) is 9.59 Å². The first kappa shape index (κ1) is 16.9. The summed E-state index contributed by atoms with van der Waals surface area (Å²) in [5, 5.41) is 11.8. The van der Waals surface area contributed by atoms with Crippen LogP contribution in [-0.4, -0.2) is 23.0 Å². The first-order valence-electron chi connectivity index (χ1n) is 6.68. The van der Waals surface area contributed by atoms with E-state index in [0.29, 0.717) is 6.42 Å². The number of aliphatic carboxylic acids is 1. The van der Waals surface area contributed by atoms with E-state index in [0.717, 1.165) is 12.8 Å². The molecule has 106 valence electrons. The van der Waals surface area contributed by atoms with Gasteiger partial charge >= 0.3 is 5.97 Å². The third-order valence-corrected chi connectivity index (χ3v) is 2.80. The lowest BCUT2D eigenvalue weighted by Crippen LogP contribution is -2.41. The van der Waals surface area contributed by atoms with E-state index in [-0.39, 0.29) is 29.7 Å². The Morgan fingerprint density at radius 1 is 1.28 bits per heavy atom. The van der Waals surface area contributed by atoms with Crippen molar-refractivity contribution in [3.63, 3.8) is 0 Å². The zero-order chi connectivity index (χ0) is 14.3. The number of nitrogens with one attached hydrogen (secondary N) is 1. The van der Waals surface area contributed by atoms with E-state index < -0.39 is 5.97 Å². The molecule has 0 fully saturated rings. The molecule has 1 amide bonds. The second-order valence-corrected chi connectivity index (χ2v) is 6.26. The van der Waals surface area contributed by atoms with Crippen LogP contribution >= 0.6 is 0 Å². The zero-order valence-corrected chi connectivity index (χ0v) is 12.2. The van der Waals surface area contributed by atoms with Crippen LogP contribution in [0.3, 0.4) is 0 Å². The maximum Gasteiger partial charge on any atom is 0.305 e. The van der Waals surface area contributed by atoms with E-state index >= 15 is 0 Å². The summed E-state index contributed by atoms with van der Waals surface area (Å²) in [4.78, 5) is 22.7. The van der Waals surface area contributed by atoms with Gasteiger partial charge in [0, 0.05) is 12.0 Å². The van der Waals surface area contributed by atoms with Crippen molar-refractivity contribution < 1.29 is 14.7 Å². The molecule has 2 N–H and O–H groups in total. The lowest BCUT2D eigenvalue weighted by molar-refractivity contribution is -0.138. The fourth-order valence-corrected chi connectivity index (χ4v) is 2.03. The molecular weight excluding hydrogens is 230 g/mol. The molecule has 0 aliphatic rings. The molecule has 4 heteroatoms. The second-order valence-electron chi connectivity index (χ2n) is 6.26. The van der Waals surface area contributed by atoms with Crippen LogP contribution in [0, 0.1) is 11.3 Å². The summed E-state index contributed by atoms with van der Waals surface area (Å²) in [6.07, 6.45) is 2.45. The van der Waals surface area contributed by atoms with Gasteiger partial charge in [-0.25, -0.2) is 0 Å². The summed E-state index contributed by atoms with van der Waals surface area (Å²) < 4.78 is 0. The minimum absolute atomic E-state index is 0.00138. The molecule has 18 heavy (non-hydrogen) atoms. The molecule has 0 bridgehead atoms. The number of carbonyl (C=O) groups is 2. The lowest BCUT2D eigenvalue weighted by atomic mass is 9.86. The molecule has 0 radical (unpaired) electrons. The van der Waals surface area contributed by atoms with Crippen molar-refractivity contribution in [3.05, 3.63) is 0 Å². The first-order chi connectivity index (χ1) is 8.15. The number of rotatable bonds is 7. The number of carbonyl (C=O) groups excluding carboxylic acids is 1. The van der Waals surface area contributed by atoms with Crippen molar-refractivity contribution in [2.45, 2.75) is 66.3 Å². The van der Waals surface area contributed by atoms with E-state index in [1.54, 1.807) is 0 Å². The molecule has 0 aromatic rings. The highest BCUT2D eigenvalue weighted by Gasteiger charge is 2.24. The lowest BCUT2D eigenvalue weighted by Gasteiger charge is -2.26. The second kappa shape index (κ2) is 7.39. The van der Waals surface area contributed by atoms with Crippen LogP contribution in [0.15, 0.2) is 0 Å². The summed E-state index contributed by atoms with van der Waals surface area (Å²) in [5.41, 5.74) is 0.00138. The van der Waals surface area contributed by atoms with Gasteiger partial charge < -0.3 is 10.4 Å². The summed E-state index contributed by atoms with van der Waals surface area (Å²) in [6.45, 7) is 10.1. The van der Waals surface area contributed by atoms with Gasteiger partial charge in [-0.3, -0.25) is 9.59 Å². The van der Waals surface area contributed by atoms with Gasteiger partial charge in [0.05, 0.1) is 6.42 Å². The minimum atomic E-state index is -0.868. The standard InChI is InChI=1S/C14H27NO3/c1-6-7-10(2)13(18)15-11(8-12(16)17)9-14(3,4)5/h10-11H,6-9H2,1-5H3,(H,15,18)(H,16,17). The first-order valence-corrected chi connectivity index (χ1v) is 6.68. The molecule has 0 aliphatic carbocycles. The van der Waals surface area contributed by atoms with Gasteiger partial charge in [0.15, 0.2) is 0 Å². The quantitative estimate of drug-likeness (QED) is 0.737. The number of hydrogen-bond acceptors (Lipinski definition) is 2. The van der Waals surface area contributed by atoms with Crippen LogP contribution in [0.5, 0.6) is 0 Å². The van der Waals surface area contributed by atoms with E-state index in [4.69, 9.17) is 5.11 Å². The summed E-state index contributed by atoms with van der Waals surface area (Å²) in [5.74, 6) is -0.952. The third-order valence-electron chi connectivity index (χ3n) is 2.80. The van der Waals surface area contributed by atoms with Crippen molar-refractivity contribution in [2.75, 3.05) is 0 Å². The van der Waals surface area contributed by atoms with Crippen LogP contribution in [0.1, 0.15) is 60.3 Å². The summed E-state index contributed by atoms with van der Waals surface area (Å²) >= 11 is 0. The third kappa shape index (κ3) is 8.09. The fraction of sp³-hybridized carbons (Fsp3) is 0.857. The molecule has 4 nitrogen and oxygen atoms in total. The molecule has 0 rings (SSSR count). The predicted molar refractivity (Wildman–Crippen MR) is 72.3 cm³/mol.